The zero-order valence-corrected chi connectivity index (χ0v) is 12.4. The van der Waals surface area contributed by atoms with Crippen LogP contribution in [0.25, 0.3) is 22.4 Å². The minimum absolute atomic E-state index is 0.272. The maximum atomic E-state index is 11.8. The quantitative estimate of drug-likeness (QED) is 0.754. The summed E-state index contributed by atoms with van der Waals surface area (Å²) in [5.41, 5.74) is 1.41. The van der Waals surface area contributed by atoms with Crippen LogP contribution in [0.1, 0.15) is 11.3 Å². The van der Waals surface area contributed by atoms with Crippen molar-refractivity contribution in [2.45, 2.75) is 0 Å². The molecule has 0 spiro atoms. The molecule has 1 heterocycles. The zero-order valence-electron chi connectivity index (χ0n) is 12.4. The van der Waals surface area contributed by atoms with Gasteiger partial charge in [-0.2, -0.15) is 10.4 Å². The summed E-state index contributed by atoms with van der Waals surface area (Å²) < 4.78 is 5.12. The van der Waals surface area contributed by atoms with Crippen molar-refractivity contribution in [1.82, 2.24) is 10.2 Å². The minimum Gasteiger partial charge on any atom is -0.497 e. The van der Waals surface area contributed by atoms with Gasteiger partial charge in [0, 0.05) is 5.39 Å². The van der Waals surface area contributed by atoms with E-state index < -0.39 is 0 Å². The molecule has 0 amide bonds. The van der Waals surface area contributed by atoms with E-state index in [2.05, 4.69) is 16.3 Å². The van der Waals surface area contributed by atoms with E-state index in [1.165, 1.54) is 0 Å². The molecule has 0 aliphatic rings. The van der Waals surface area contributed by atoms with Crippen molar-refractivity contribution in [3.05, 3.63) is 70.1 Å². The number of rotatable bonds is 3. The highest BCUT2D eigenvalue weighted by atomic mass is 16.5. The molecule has 112 valence electrons. The van der Waals surface area contributed by atoms with Crippen LogP contribution in [-0.2, 0) is 0 Å². The monoisotopic (exact) mass is 303 g/mol. The second-order valence-corrected chi connectivity index (χ2v) is 4.89. The summed E-state index contributed by atoms with van der Waals surface area (Å²) in [6.07, 6.45) is 1.73. The number of hydrogen-bond donors (Lipinski definition) is 1. The molecule has 0 unspecified atom stereocenters. The summed E-state index contributed by atoms with van der Waals surface area (Å²) in [6.45, 7) is 0. The van der Waals surface area contributed by atoms with Crippen molar-refractivity contribution in [3.8, 4) is 11.8 Å². The molecule has 2 aromatic carbocycles. The van der Waals surface area contributed by atoms with Crippen molar-refractivity contribution in [2.75, 3.05) is 7.11 Å². The van der Waals surface area contributed by atoms with Crippen LogP contribution in [0.5, 0.6) is 5.75 Å². The van der Waals surface area contributed by atoms with Crippen LogP contribution in [0.15, 0.2) is 53.3 Å². The van der Waals surface area contributed by atoms with Gasteiger partial charge in [0.15, 0.2) is 0 Å². The number of ether oxygens (including phenoxy) is 1. The molecule has 0 aliphatic heterocycles. The van der Waals surface area contributed by atoms with Crippen molar-refractivity contribution in [3.63, 3.8) is 0 Å². The van der Waals surface area contributed by atoms with Crippen LogP contribution in [0, 0.1) is 11.3 Å². The van der Waals surface area contributed by atoms with Crippen molar-refractivity contribution in [2.24, 2.45) is 0 Å². The summed E-state index contributed by atoms with van der Waals surface area (Å²) >= 11 is 0. The van der Waals surface area contributed by atoms with Gasteiger partial charge in [-0.15, -0.1) is 0 Å². The molecule has 1 aromatic heterocycles. The maximum Gasteiger partial charge on any atom is 0.272 e. The number of H-pyrrole nitrogens is 1. The normalized spacial score (nSPS) is 11.2. The van der Waals surface area contributed by atoms with Gasteiger partial charge in [-0.25, -0.2) is 5.10 Å². The van der Waals surface area contributed by atoms with E-state index in [1.54, 1.807) is 31.4 Å². The minimum atomic E-state index is -0.272. The fourth-order valence-corrected chi connectivity index (χ4v) is 2.34. The Morgan fingerprint density at radius 1 is 1.17 bits per heavy atom. The smallest absolute Gasteiger partial charge is 0.272 e. The summed E-state index contributed by atoms with van der Waals surface area (Å²) in [5.74, 6) is 0.744. The number of nitrogens with zero attached hydrogens (tertiary/aromatic N) is 2. The van der Waals surface area contributed by atoms with E-state index in [0.717, 1.165) is 11.3 Å². The molecule has 0 atom stereocenters. The highest BCUT2D eigenvalue weighted by Gasteiger charge is 2.10. The molecule has 23 heavy (non-hydrogen) atoms. The summed E-state index contributed by atoms with van der Waals surface area (Å²) in [5, 5.41) is 17.2. The van der Waals surface area contributed by atoms with Crippen LogP contribution >= 0.6 is 0 Å². The van der Waals surface area contributed by atoms with E-state index in [1.807, 2.05) is 30.3 Å². The molecule has 3 aromatic rings. The summed E-state index contributed by atoms with van der Waals surface area (Å²) in [7, 11) is 1.60. The highest BCUT2D eigenvalue weighted by molar-refractivity contribution is 5.99. The number of hydrogen-bond acceptors (Lipinski definition) is 4. The van der Waals surface area contributed by atoms with E-state index in [9.17, 15) is 10.1 Å². The largest absolute Gasteiger partial charge is 0.497 e. The van der Waals surface area contributed by atoms with Crippen molar-refractivity contribution in [1.29, 1.82) is 5.26 Å². The van der Waals surface area contributed by atoms with Gasteiger partial charge in [-0.3, -0.25) is 4.79 Å². The zero-order chi connectivity index (χ0) is 16.2. The lowest BCUT2D eigenvalue weighted by Crippen LogP contribution is -2.10. The predicted molar refractivity (Wildman–Crippen MR) is 88.8 cm³/mol. The molecular formula is C18H13N3O2. The first-order valence-corrected chi connectivity index (χ1v) is 6.96. The average molecular weight is 303 g/mol. The van der Waals surface area contributed by atoms with Gasteiger partial charge in [0.25, 0.3) is 5.56 Å². The molecule has 0 saturated carbocycles. The number of aromatic nitrogens is 2. The molecule has 0 bridgehead atoms. The molecule has 0 saturated heterocycles. The molecule has 5 heteroatoms. The fourth-order valence-electron chi connectivity index (χ4n) is 2.34. The first-order valence-electron chi connectivity index (χ1n) is 6.96. The number of benzene rings is 2. The highest BCUT2D eigenvalue weighted by Crippen LogP contribution is 2.23. The van der Waals surface area contributed by atoms with Crippen LogP contribution in [0.4, 0.5) is 0 Å². The Balaban J connectivity index is 2.15. The van der Waals surface area contributed by atoms with E-state index in [-0.39, 0.29) is 5.56 Å². The fraction of sp³-hybridized carbons (Fsp3) is 0.0556. The summed E-state index contributed by atoms with van der Waals surface area (Å²) in [6, 6.07) is 16.6. The number of nitriles is 1. The van der Waals surface area contributed by atoms with Gasteiger partial charge in [0.1, 0.15) is 17.5 Å². The molecule has 0 fully saturated rings. The molecule has 1 N–H and O–H groups in total. The third-order valence-corrected chi connectivity index (χ3v) is 3.50. The molecule has 0 radical (unpaired) electrons. The second-order valence-electron chi connectivity index (χ2n) is 4.89. The SMILES string of the molecule is COc1ccc(C=C(C#N)c2n[nH]c(=O)c3ccccc23)cc1. The molecule has 3 rings (SSSR count). The number of fused-ring (bicyclic) bond motifs is 1. The first kappa shape index (κ1) is 14.5. The Hall–Kier alpha value is -3.39. The van der Waals surface area contributed by atoms with Gasteiger partial charge in [0.2, 0.25) is 0 Å². The third-order valence-electron chi connectivity index (χ3n) is 3.50. The standard InChI is InChI=1S/C18H13N3O2/c1-23-14-8-6-12(7-9-14)10-13(11-19)17-15-4-2-3-5-16(15)18(22)21-20-17/h2-10H,1H3,(H,21,22). The number of nitrogens with one attached hydrogen (secondary N) is 1. The van der Waals surface area contributed by atoms with Gasteiger partial charge in [-0.1, -0.05) is 30.3 Å². The topological polar surface area (TPSA) is 78.8 Å². The van der Waals surface area contributed by atoms with Crippen LogP contribution in [0.2, 0.25) is 0 Å². The van der Waals surface area contributed by atoms with Gasteiger partial charge in [-0.05, 0) is 29.8 Å². The Kier molecular flexibility index (Phi) is 3.89. The second kappa shape index (κ2) is 6.16. The predicted octanol–water partition coefficient (Wildman–Crippen LogP) is 3.00. The Morgan fingerprint density at radius 2 is 1.87 bits per heavy atom. The summed E-state index contributed by atoms with van der Waals surface area (Å²) in [4.78, 5) is 11.8. The van der Waals surface area contributed by atoms with Crippen molar-refractivity contribution >= 4 is 22.4 Å². The van der Waals surface area contributed by atoms with Gasteiger partial charge in [0.05, 0.1) is 18.1 Å². The molecular weight excluding hydrogens is 290 g/mol. The Bertz CT molecular complexity index is 980. The molecule has 0 aliphatic carbocycles. The number of methoxy groups -OCH3 is 1. The lowest BCUT2D eigenvalue weighted by molar-refractivity contribution is 0.415. The van der Waals surface area contributed by atoms with Crippen LogP contribution in [-0.4, -0.2) is 17.3 Å². The Morgan fingerprint density at radius 3 is 2.52 bits per heavy atom. The van der Waals surface area contributed by atoms with Gasteiger partial charge >= 0.3 is 0 Å². The number of aromatic amines is 1. The van der Waals surface area contributed by atoms with Crippen LogP contribution < -0.4 is 10.3 Å². The van der Waals surface area contributed by atoms with Crippen molar-refractivity contribution < 1.29 is 4.74 Å². The Labute approximate surface area is 132 Å². The van der Waals surface area contributed by atoms with E-state index >= 15 is 0 Å². The lowest BCUT2D eigenvalue weighted by atomic mass is 10.0. The lowest BCUT2D eigenvalue weighted by Gasteiger charge is -2.04. The molecule has 5 nitrogen and oxygen atoms in total. The average Bonchev–Trinajstić information content (AvgIpc) is 2.61. The van der Waals surface area contributed by atoms with Gasteiger partial charge < -0.3 is 4.74 Å². The number of allylic oxidation sites excluding steroid dienone is 1. The first-order chi connectivity index (χ1) is 11.2. The van der Waals surface area contributed by atoms with E-state index in [4.69, 9.17) is 4.74 Å². The van der Waals surface area contributed by atoms with Crippen LogP contribution in [0.3, 0.4) is 0 Å². The maximum absolute atomic E-state index is 11.8. The van der Waals surface area contributed by atoms with E-state index in [0.29, 0.717) is 22.0 Å². The third kappa shape index (κ3) is 2.83.